The molecule has 216 valence electrons. The molecule has 0 spiro atoms. The Morgan fingerprint density at radius 2 is 1.24 bits per heavy atom. The molecule has 0 bridgehead atoms. The van der Waals surface area contributed by atoms with E-state index >= 15 is 0 Å². The fraction of sp³-hybridized carbons (Fsp3) is 0.263. The first-order valence-corrected chi connectivity index (χ1v) is 19.3. The van der Waals surface area contributed by atoms with Crippen LogP contribution in [0, 0.1) is 12.1 Å². The quantitative estimate of drug-likeness (QED) is 0.198. The second-order valence-corrected chi connectivity index (χ2v) is 18.0. The van der Waals surface area contributed by atoms with Crippen molar-refractivity contribution in [3.8, 4) is 11.1 Å². The van der Waals surface area contributed by atoms with Gasteiger partial charge in [-0.3, -0.25) is 6.08 Å². The average molecular weight is 687 g/mol. The van der Waals surface area contributed by atoms with E-state index in [0.29, 0.717) is 0 Å². The summed E-state index contributed by atoms with van der Waals surface area (Å²) < 4.78 is 0. The van der Waals surface area contributed by atoms with Crippen molar-refractivity contribution in [1.82, 2.24) is 0 Å². The molecule has 2 aliphatic carbocycles. The van der Waals surface area contributed by atoms with Gasteiger partial charge in [-0.25, -0.2) is 12.2 Å². The first-order chi connectivity index (χ1) is 19.0. The molecule has 2 aliphatic rings. The Hall–Kier alpha value is -1.96. The van der Waals surface area contributed by atoms with Crippen molar-refractivity contribution >= 4 is 15.8 Å². The van der Waals surface area contributed by atoms with E-state index in [4.69, 9.17) is 0 Å². The molecule has 0 heterocycles. The van der Waals surface area contributed by atoms with Gasteiger partial charge >= 0.3 is 99.8 Å². The Bertz CT molecular complexity index is 1400. The molecule has 4 aromatic rings. The van der Waals surface area contributed by atoms with Crippen LogP contribution in [0.5, 0.6) is 0 Å². The molecule has 4 aromatic carbocycles. The molecule has 0 radical (unpaired) electrons. The number of benzene rings is 4. The van der Waals surface area contributed by atoms with Crippen LogP contribution in [0.15, 0.2) is 109 Å². The summed E-state index contributed by atoms with van der Waals surface area (Å²) in [6.45, 7) is 13.6. The topological polar surface area (TPSA) is 0 Å². The molecule has 42 heavy (non-hydrogen) atoms. The summed E-state index contributed by atoms with van der Waals surface area (Å²) in [7, 11) is 0. The van der Waals surface area contributed by atoms with E-state index in [2.05, 4.69) is 151 Å². The van der Waals surface area contributed by atoms with E-state index in [-0.39, 0.29) is 35.6 Å². The third kappa shape index (κ3) is 9.78. The second-order valence-electron chi connectivity index (χ2n) is 12.4. The van der Waals surface area contributed by atoms with Crippen LogP contribution in [0.1, 0.15) is 70.2 Å². The molecule has 0 saturated carbocycles. The zero-order valence-corrected chi connectivity index (χ0v) is 30.5. The van der Waals surface area contributed by atoms with E-state index in [1.165, 1.54) is 43.8 Å². The van der Waals surface area contributed by atoms with Crippen LogP contribution in [0.2, 0.25) is 0 Å². The third-order valence-corrected chi connectivity index (χ3v) is 13.3. The van der Waals surface area contributed by atoms with E-state index in [1.807, 2.05) is 12.2 Å². The maximum atomic E-state index is 3.53. The van der Waals surface area contributed by atoms with Crippen LogP contribution in [0.4, 0.5) is 0 Å². The van der Waals surface area contributed by atoms with Crippen molar-refractivity contribution in [2.75, 3.05) is 0 Å². The molecule has 0 unspecified atom stereocenters. The SMILES string of the molecule is CC(C)(C)c1c[c-]c2c(c1)-c1cc(C(C)(C)C)ccc1C2.[C-]1=CC=CC1.[Cl-].[Cl-].[Zr+2]=[Si](c1ccccc1)c1ccccc1. The summed E-state index contributed by atoms with van der Waals surface area (Å²) in [5.74, 6) is 0. The first-order valence-electron chi connectivity index (χ1n) is 14.1. The van der Waals surface area contributed by atoms with Gasteiger partial charge in [-0.2, -0.15) is 35.4 Å². The van der Waals surface area contributed by atoms with E-state index < -0.39 is 5.43 Å². The molecule has 0 amide bonds. The first kappa shape index (κ1) is 36.2. The molecule has 0 saturated heterocycles. The van der Waals surface area contributed by atoms with E-state index in [9.17, 15) is 0 Å². The van der Waals surface area contributed by atoms with Crippen LogP contribution in [0.25, 0.3) is 11.1 Å². The molecule has 0 fully saturated rings. The number of hydrogen-bond donors (Lipinski definition) is 0. The van der Waals surface area contributed by atoms with Gasteiger partial charge in [-0.15, -0.1) is 12.0 Å². The predicted octanol–water partition coefficient (Wildman–Crippen LogP) is 2.31. The molecular formula is C38H40Cl2SiZr-2. The molecule has 0 aliphatic heterocycles. The van der Waals surface area contributed by atoms with Gasteiger partial charge in [0.1, 0.15) is 0 Å². The molecule has 0 nitrogen and oxygen atoms in total. The number of fused-ring (bicyclic) bond motifs is 3. The molecule has 4 heteroatoms. The normalized spacial score (nSPS) is 12.4. The summed E-state index contributed by atoms with van der Waals surface area (Å²) in [6.07, 6.45) is 11.0. The van der Waals surface area contributed by atoms with Crippen LogP contribution in [0.3, 0.4) is 0 Å². The summed E-state index contributed by atoms with van der Waals surface area (Å²) in [4.78, 5) is 0. The average Bonchev–Trinajstić information content (AvgIpc) is 3.64. The minimum atomic E-state index is -0.455. The van der Waals surface area contributed by atoms with Crippen LogP contribution in [-0.2, 0) is 40.6 Å². The van der Waals surface area contributed by atoms with Crippen LogP contribution < -0.4 is 35.2 Å². The fourth-order valence-corrected chi connectivity index (χ4v) is 8.54. The summed E-state index contributed by atoms with van der Waals surface area (Å²) in [6, 6.07) is 36.7. The van der Waals surface area contributed by atoms with Gasteiger partial charge in [-0.1, -0.05) is 76.3 Å². The minimum absolute atomic E-state index is 0. The van der Waals surface area contributed by atoms with Crippen molar-refractivity contribution in [3.63, 3.8) is 0 Å². The summed E-state index contributed by atoms with van der Waals surface area (Å²) in [5, 5.41) is 3.03. The Morgan fingerprint density at radius 3 is 1.69 bits per heavy atom. The van der Waals surface area contributed by atoms with Crippen LogP contribution in [-0.4, -0.2) is 5.43 Å². The number of halogens is 2. The Labute approximate surface area is 282 Å². The number of hydrogen-bond acceptors (Lipinski definition) is 0. The Morgan fingerprint density at radius 1 is 0.690 bits per heavy atom. The molecule has 6 rings (SSSR count). The molecular weight excluding hydrogens is 647 g/mol. The van der Waals surface area contributed by atoms with Crippen molar-refractivity contribution in [2.24, 2.45) is 0 Å². The van der Waals surface area contributed by atoms with Crippen molar-refractivity contribution < 1.29 is 48.1 Å². The van der Waals surface area contributed by atoms with Crippen LogP contribution >= 0.6 is 0 Å². The number of rotatable bonds is 2. The Kier molecular flexibility index (Phi) is 14.0. The fourth-order valence-electron chi connectivity index (χ4n) is 4.70. The zero-order chi connectivity index (χ0) is 28.8. The predicted molar refractivity (Wildman–Crippen MR) is 170 cm³/mol. The molecule has 0 atom stereocenters. The zero-order valence-electron chi connectivity index (χ0n) is 25.6. The van der Waals surface area contributed by atoms with Crippen molar-refractivity contribution in [3.05, 3.63) is 144 Å². The Balaban J connectivity index is 0.000000253. The molecule has 0 N–H and O–H groups in total. The van der Waals surface area contributed by atoms with Crippen molar-refractivity contribution in [1.29, 1.82) is 0 Å². The van der Waals surface area contributed by atoms with Gasteiger partial charge in [0.15, 0.2) is 0 Å². The summed E-state index contributed by atoms with van der Waals surface area (Å²) >= 11 is 1.64. The monoisotopic (exact) mass is 684 g/mol. The maximum absolute atomic E-state index is 3.53. The van der Waals surface area contributed by atoms with Gasteiger partial charge in [-0.05, 0) is 17.4 Å². The van der Waals surface area contributed by atoms with Gasteiger partial charge < -0.3 is 24.8 Å². The summed E-state index contributed by atoms with van der Waals surface area (Å²) in [5.41, 5.74) is 8.31. The van der Waals surface area contributed by atoms with Gasteiger partial charge in [0.05, 0.1) is 0 Å². The second kappa shape index (κ2) is 16.2. The number of allylic oxidation sites excluding steroid dienone is 4. The van der Waals surface area contributed by atoms with E-state index in [1.54, 1.807) is 23.3 Å². The van der Waals surface area contributed by atoms with E-state index in [0.717, 1.165) is 12.8 Å². The van der Waals surface area contributed by atoms with Gasteiger partial charge in [0, 0.05) is 0 Å². The molecule has 0 aromatic heterocycles. The van der Waals surface area contributed by atoms with Gasteiger partial charge in [0.25, 0.3) is 0 Å². The standard InChI is InChI=1S/C21H25.C12H10Si.C5H5.2ClH.Zr/c1-20(2,3)16-9-7-14-11-15-8-10-17(21(4,5)6)13-19(15)18(14)12-16;1-3-7-11(8-4-1)13-12-9-5-2-6-10-12;1-2-4-5-3-1;;;/h7,9-10,12-13H,11H2,1-6H3;1-10H;1-3H,4H2;2*1H;/q-1;;-1;;;+2/p-2. The third-order valence-electron chi connectivity index (χ3n) is 7.24. The van der Waals surface area contributed by atoms with Gasteiger partial charge in [0.2, 0.25) is 0 Å². The van der Waals surface area contributed by atoms with Crippen molar-refractivity contribution in [2.45, 2.75) is 65.2 Å².